The SMILES string of the molecule is CC(C)n1c(CN)nnc1SC1CCCNC(=O)C1. The Labute approximate surface area is 117 Å². The van der Waals surface area contributed by atoms with Crippen LogP contribution in [0.25, 0.3) is 0 Å². The Balaban J connectivity index is 2.13. The van der Waals surface area contributed by atoms with E-state index in [1.165, 1.54) is 0 Å². The molecule has 0 radical (unpaired) electrons. The van der Waals surface area contributed by atoms with Crippen LogP contribution in [0.15, 0.2) is 5.16 Å². The van der Waals surface area contributed by atoms with Crippen LogP contribution in [0, 0.1) is 0 Å². The standard InChI is InChI=1S/C12H21N5OS/c1-8(2)17-10(7-13)15-16-12(17)19-9-4-3-5-14-11(18)6-9/h8-9H,3-7,13H2,1-2H3,(H,14,18). The van der Waals surface area contributed by atoms with Gasteiger partial charge in [-0.3, -0.25) is 4.79 Å². The van der Waals surface area contributed by atoms with Crippen molar-refractivity contribution in [2.24, 2.45) is 5.73 Å². The molecular weight excluding hydrogens is 262 g/mol. The Hall–Kier alpha value is -1.08. The fraction of sp³-hybridized carbons (Fsp3) is 0.750. The molecule has 0 saturated carbocycles. The monoisotopic (exact) mass is 283 g/mol. The second kappa shape index (κ2) is 6.38. The van der Waals surface area contributed by atoms with Crippen molar-refractivity contribution in [2.75, 3.05) is 6.54 Å². The molecule has 1 amide bonds. The van der Waals surface area contributed by atoms with Crippen molar-refractivity contribution in [2.45, 2.75) is 56.1 Å². The van der Waals surface area contributed by atoms with Crippen LogP contribution in [0.4, 0.5) is 0 Å². The van der Waals surface area contributed by atoms with Crippen LogP contribution < -0.4 is 11.1 Å². The summed E-state index contributed by atoms with van der Waals surface area (Å²) >= 11 is 1.65. The Kier molecular flexibility index (Phi) is 4.81. The highest BCUT2D eigenvalue weighted by Crippen LogP contribution is 2.30. The van der Waals surface area contributed by atoms with Gasteiger partial charge in [0.2, 0.25) is 5.91 Å². The van der Waals surface area contributed by atoms with Crippen molar-refractivity contribution >= 4 is 17.7 Å². The molecule has 0 aromatic carbocycles. The number of rotatable bonds is 4. The van der Waals surface area contributed by atoms with Gasteiger partial charge in [0.15, 0.2) is 5.16 Å². The number of hydrogen-bond donors (Lipinski definition) is 2. The molecule has 1 aliphatic rings. The fourth-order valence-electron chi connectivity index (χ4n) is 2.23. The van der Waals surface area contributed by atoms with E-state index in [1.54, 1.807) is 11.8 Å². The number of nitrogens with two attached hydrogens (primary N) is 1. The zero-order valence-corrected chi connectivity index (χ0v) is 12.2. The van der Waals surface area contributed by atoms with E-state index in [2.05, 4.69) is 33.9 Å². The average Bonchev–Trinajstić information content (AvgIpc) is 2.66. The first kappa shape index (κ1) is 14.3. The van der Waals surface area contributed by atoms with Crippen LogP contribution in [0.1, 0.15) is 45.0 Å². The summed E-state index contributed by atoms with van der Waals surface area (Å²) in [6, 6.07) is 0.274. The molecule has 106 valence electrons. The molecular formula is C12H21N5OS. The lowest BCUT2D eigenvalue weighted by atomic mass is 10.2. The molecule has 0 aliphatic carbocycles. The minimum Gasteiger partial charge on any atom is -0.356 e. The van der Waals surface area contributed by atoms with E-state index in [0.717, 1.165) is 30.4 Å². The van der Waals surface area contributed by atoms with E-state index in [0.29, 0.717) is 13.0 Å². The molecule has 6 nitrogen and oxygen atoms in total. The van der Waals surface area contributed by atoms with Gasteiger partial charge >= 0.3 is 0 Å². The third-order valence-corrected chi connectivity index (χ3v) is 4.37. The van der Waals surface area contributed by atoms with Crippen LogP contribution in [-0.4, -0.2) is 32.5 Å². The summed E-state index contributed by atoms with van der Waals surface area (Å²) in [5, 5.41) is 12.4. The largest absolute Gasteiger partial charge is 0.356 e. The summed E-state index contributed by atoms with van der Waals surface area (Å²) in [7, 11) is 0. The Morgan fingerprint density at radius 2 is 2.32 bits per heavy atom. The number of thioether (sulfide) groups is 1. The van der Waals surface area contributed by atoms with Crippen LogP contribution in [-0.2, 0) is 11.3 Å². The predicted molar refractivity (Wildman–Crippen MR) is 74.8 cm³/mol. The van der Waals surface area contributed by atoms with Gasteiger partial charge in [0, 0.05) is 24.3 Å². The number of nitrogens with one attached hydrogen (secondary N) is 1. The summed E-state index contributed by atoms with van der Waals surface area (Å²) < 4.78 is 2.06. The molecule has 2 heterocycles. The normalized spacial score (nSPS) is 20.4. The lowest BCUT2D eigenvalue weighted by molar-refractivity contribution is -0.120. The maximum Gasteiger partial charge on any atom is 0.221 e. The van der Waals surface area contributed by atoms with E-state index in [-0.39, 0.29) is 17.2 Å². The zero-order valence-electron chi connectivity index (χ0n) is 11.4. The zero-order chi connectivity index (χ0) is 13.8. The maximum absolute atomic E-state index is 11.6. The molecule has 1 aliphatic heterocycles. The van der Waals surface area contributed by atoms with Gasteiger partial charge in [0.05, 0.1) is 6.54 Å². The molecule has 7 heteroatoms. The Morgan fingerprint density at radius 1 is 1.53 bits per heavy atom. The van der Waals surface area contributed by atoms with E-state index in [4.69, 9.17) is 5.73 Å². The second-order valence-corrected chi connectivity index (χ2v) is 6.27. The molecule has 0 bridgehead atoms. The third-order valence-electron chi connectivity index (χ3n) is 3.14. The summed E-state index contributed by atoms with van der Waals surface area (Å²) in [4.78, 5) is 11.6. The first-order chi connectivity index (χ1) is 9.11. The number of carbonyl (C=O) groups is 1. The predicted octanol–water partition coefficient (Wildman–Crippen LogP) is 1.08. The van der Waals surface area contributed by atoms with Crippen molar-refractivity contribution in [3.63, 3.8) is 0 Å². The molecule has 1 saturated heterocycles. The average molecular weight is 283 g/mol. The summed E-state index contributed by atoms with van der Waals surface area (Å²) in [5.74, 6) is 0.931. The molecule has 1 unspecified atom stereocenters. The topological polar surface area (TPSA) is 85.8 Å². The smallest absolute Gasteiger partial charge is 0.221 e. The lowest BCUT2D eigenvalue weighted by Gasteiger charge is -2.16. The molecule has 3 N–H and O–H groups in total. The van der Waals surface area contributed by atoms with Crippen molar-refractivity contribution in [1.29, 1.82) is 0 Å². The number of hydrogen-bond acceptors (Lipinski definition) is 5. The first-order valence-electron chi connectivity index (χ1n) is 6.69. The number of aromatic nitrogens is 3. The summed E-state index contributed by atoms with van der Waals surface area (Å²) in [6.07, 6.45) is 2.59. The van der Waals surface area contributed by atoms with Crippen molar-refractivity contribution in [3.8, 4) is 0 Å². The fourth-order valence-corrected chi connectivity index (χ4v) is 3.57. The quantitative estimate of drug-likeness (QED) is 0.863. The minimum absolute atomic E-state index is 0.129. The van der Waals surface area contributed by atoms with Crippen LogP contribution in [0.5, 0.6) is 0 Å². The first-order valence-corrected chi connectivity index (χ1v) is 7.57. The van der Waals surface area contributed by atoms with Gasteiger partial charge in [-0.15, -0.1) is 10.2 Å². The Morgan fingerprint density at radius 3 is 3.00 bits per heavy atom. The number of carbonyl (C=O) groups excluding carboxylic acids is 1. The second-order valence-electron chi connectivity index (χ2n) is 5.00. The highest BCUT2D eigenvalue weighted by molar-refractivity contribution is 7.99. The van der Waals surface area contributed by atoms with Gasteiger partial charge in [0.25, 0.3) is 0 Å². The van der Waals surface area contributed by atoms with Crippen molar-refractivity contribution in [1.82, 2.24) is 20.1 Å². The third kappa shape index (κ3) is 3.48. The molecule has 2 rings (SSSR count). The van der Waals surface area contributed by atoms with Gasteiger partial charge in [-0.25, -0.2) is 0 Å². The Bertz CT molecular complexity index is 445. The molecule has 1 aromatic rings. The van der Waals surface area contributed by atoms with E-state index in [9.17, 15) is 4.79 Å². The molecule has 19 heavy (non-hydrogen) atoms. The van der Waals surface area contributed by atoms with E-state index in [1.807, 2.05) is 0 Å². The number of nitrogens with zero attached hydrogens (tertiary/aromatic N) is 3. The van der Waals surface area contributed by atoms with Gasteiger partial charge in [-0.1, -0.05) is 11.8 Å². The van der Waals surface area contributed by atoms with Gasteiger partial charge < -0.3 is 15.6 Å². The van der Waals surface area contributed by atoms with Crippen LogP contribution in [0.2, 0.25) is 0 Å². The number of amides is 1. The summed E-state index contributed by atoms with van der Waals surface area (Å²) in [5.41, 5.74) is 5.69. The molecule has 1 aromatic heterocycles. The van der Waals surface area contributed by atoms with Crippen molar-refractivity contribution in [3.05, 3.63) is 5.82 Å². The van der Waals surface area contributed by atoms with Crippen LogP contribution >= 0.6 is 11.8 Å². The van der Waals surface area contributed by atoms with Gasteiger partial charge in [0.1, 0.15) is 5.82 Å². The lowest BCUT2D eigenvalue weighted by Crippen LogP contribution is -2.23. The molecule has 0 spiro atoms. The van der Waals surface area contributed by atoms with E-state index < -0.39 is 0 Å². The highest BCUT2D eigenvalue weighted by Gasteiger charge is 2.22. The molecule has 1 fully saturated rings. The van der Waals surface area contributed by atoms with Gasteiger partial charge in [-0.05, 0) is 26.7 Å². The van der Waals surface area contributed by atoms with Gasteiger partial charge in [-0.2, -0.15) is 0 Å². The highest BCUT2D eigenvalue weighted by atomic mass is 32.2. The maximum atomic E-state index is 11.6. The van der Waals surface area contributed by atoms with Crippen molar-refractivity contribution < 1.29 is 4.79 Å². The molecule has 1 atom stereocenters. The minimum atomic E-state index is 0.129. The summed E-state index contributed by atoms with van der Waals surface area (Å²) in [6.45, 7) is 5.34. The van der Waals surface area contributed by atoms with E-state index >= 15 is 0 Å². The van der Waals surface area contributed by atoms with Crippen LogP contribution in [0.3, 0.4) is 0 Å².